The third kappa shape index (κ3) is 5.87. The predicted octanol–water partition coefficient (Wildman–Crippen LogP) is 3.67. The predicted molar refractivity (Wildman–Crippen MR) is 133 cm³/mol. The lowest BCUT2D eigenvalue weighted by Crippen LogP contribution is -2.36. The van der Waals surface area contributed by atoms with E-state index in [0.717, 1.165) is 18.4 Å². The number of likely N-dealkylation sites (tertiary alicyclic amines) is 1. The van der Waals surface area contributed by atoms with Gasteiger partial charge in [-0.05, 0) is 36.6 Å². The van der Waals surface area contributed by atoms with Crippen molar-refractivity contribution in [2.75, 3.05) is 34.4 Å². The normalized spacial score (nSPS) is 17.1. The Morgan fingerprint density at radius 1 is 1.11 bits per heavy atom. The molecule has 0 spiro atoms. The number of nitro groups is 1. The van der Waals surface area contributed by atoms with E-state index in [9.17, 15) is 19.7 Å². The van der Waals surface area contributed by atoms with Crippen molar-refractivity contribution >= 4 is 17.5 Å². The van der Waals surface area contributed by atoms with Gasteiger partial charge in [0.15, 0.2) is 11.5 Å². The summed E-state index contributed by atoms with van der Waals surface area (Å²) in [6.45, 7) is 2.80. The molecule has 2 unspecified atom stereocenters. The molecule has 10 heteroatoms. The minimum atomic E-state index is -0.567. The number of nitro benzene ring substituents is 1. The minimum absolute atomic E-state index is 0.0556. The summed E-state index contributed by atoms with van der Waals surface area (Å²) in [5.41, 5.74) is 1.17. The van der Waals surface area contributed by atoms with Crippen LogP contribution >= 0.6 is 0 Å². The molecule has 1 heterocycles. The second-order valence-electron chi connectivity index (χ2n) is 8.60. The smallest absolute Gasteiger partial charge is 0.276 e. The summed E-state index contributed by atoms with van der Waals surface area (Å²) < 4.78 is 15.7. The highest BCUT2D eigenvalue weighted by Crippen LogP contribution is 2.39. The van der Waals surface area contributed by atoms with Crippen LogP contribution < -0.4 is 19.5 Å². The first kappa shape index (κ1) is 26.8. The fourth-order valence-electron chi connectivity index (χ4n) is 4.56. The van der Waals surface area contributed by atoms with E-state index in [1.54, 1.807) is 18.1 Å². The summed E-state index contributed by atoms with van der Waals surface area (Å²) >= 11 is 0. The standard InChI is InChI=1S/C26H33N3O7/c1-5-6-13-28-24(30)15-20(25(28)17-7-9-19(34-2)10-8-17)26(31)27-12-11-18-14-22(35-3)23(36-4)16-21(18)29(32)33/h7-10,14,16,20,25H,5-6,11-13,15H2,1-4H3,(H,27,31). The molecule has 10 nitrogen and oxygen atoms in total. The van der Waals surface area contributed by atoms with Crippen molar-refractivity contribution in [3.8, 4) is 17.2 Å². The van der Waals surface area contributed by atoms with Gasteiger partial charge in [0.05, 0.1) is 44.3 Å². The van der Waals surface area contributed by atoms with Crippen molar-refractivity contribution in [3.63, 3.8) is 0 Å². The third-order valence-corrected chi connectivity index (χ3v) is 6.45. The number of nitrogens with one attached hydrogen (secondary N) is 1. The van der Waals surface area contributed by atoms with Gasteiger partial charge in [-0.2, -0.15) is 0 Å². The number of carbonyl (C=O) groups is 2. The molecular formula is C26H33N3O7. The van der Waals surface area contributed by atoms with Crippen LogP contribution in [0, 0.1) is 16.0 Å². The first-order chi connectivity index (χ1) is 17.3. The van der Waals surface area contributed by atoms with E-state index in [1.165, 1.54) is 20.3 Å². The molecule has 194 valence electrons. The zero-order valence-electron chi connectivity index (χ0n) is 21.1. The number of amides is 2. The van der Waals surface area contributed by atoms with Gasteiger partial charge >= 0.3 is 0 Å². The van der Waals surface area contributed by atoms with E-state index >= 15 is 0 Å². The maximum Gasteiger partial charge on any atom is 0.276 e. The SMILES string of the molecule is CCCCN1C(=O)CC(C(=O)NCCc2cc(OC)c(OC)cc2[N+](=O)[O-])C1c1ccc(OC)cc1. The molecule has 3 rings (SSSR count). The average Bonchev–Trinajstić information content (AvgIpc) is 3.22. The van der Waals surface area contributed by atoms with Crippen molar-refractivity contribution in [3.05, 3.63) is 57.6 Å². The Morgan fingerprint density at radius 3 is 2.36 bits per heavy atom. The van der Waals surface area contributed by atoms with E-state index in [1.807, 2.05) is 24.3 Å². The van der Waals surface area contributed by atoms with Gasteiger partial charge in [0.25, 0.3) is 5.69 Å². The molecule has 0 aromatic heterocycles. The lowest BCUT2D eigenvalue weighted by Gasteiger charge is -2.28. The maximum absolute atomic E-state index is 13.3. The van der Waals surface area contributed by atoms with Gasteiger partial charge in [-0.25, -0.2) is 0 Å². The summed E-state index contributed by atoms with van der Waals surface area (Å²) in [5.74, 6) is 0.447. The summed E-state index contributed by atoms with van der Waals surface area (Å²) in [6.07, 6.45) is 2.11. The monoisotopic (exact) mass is 499 g/mol. The van der Waals surface area contributed by atoms with Crippen molar-refractivity contribution in [1.29, 1.82) is 0 Å². The largest absolute Gasteiger partial charge is 0.497 e. The molecule has 1 saturated heterocycles. The molecule has 1 aliphatic rings. The van der Waals surface area contributed by atoms with Crippen LogP contribution in [-0.2, 0) is 16.0 Å². The van der Waals surface area contributed by atoms with Gasteiger partial charge in [0, 0.05) is 25.1 Å². The third-order valence-electron chi connectivity index (χ3n) is 6.45. The van der Waals surface area contributed by atoms with Gasteiger partial charge in [-0.15, -0.1) is 0 Å². The molecule has 2 aromatic rings. The second kappa shape index (κ2) is 12.2. The molecular weight excluding hydrogens is 466 g/mol. The highest BCUT2D eigenvalue weighted by Gasteiger charge is 2.44. The number of rotatable bonds is 12. The average molecular weight is 500 g/mol. The van der Waals surface area contributed by atoms with E-state index in [2.05, 4.69) is 12.2 Å². The summed E-state index contributed by atoms with van der Waals surface area (Å²) in [7, 11) is 4.45. The lowest BCUT2D eigenvalue weighted by atomic mass is 9.92. The number of nitrogens with zero attached hydrogens (tertiary/aromatic N) is 2. The number of methoxy groups -OCH3 is 3. The van der Waals surface area contributed by atoms with Gasteiger partial charge < -0.3 is 24.4 Å². The Morgan fingerprint density at radius 2 is 1.78 bits per heavy atom. The highest BCUT2D eigenvalue weighted by atomic mass is 16.6. The van der Waals surface area contributed by atoms with Crippen molar-refractivity contribution in [2.45, 2.75) is 38.6 Å². The van der Waals surface area contributed by atoms with Crippen molar-refractivity contribution < 1.29 is 28.7 Å². The number of ether oxygens (including phenoxy) is 3. The first-order valence-corrected chi connectivity index (χ1v) is 11.9. The summed E-state index contributed by atoms with van der Waals surface area (Å²) in [4.78, 5) is 39.0. The quantitative estimate of drug-likeness (QED) is 0.349. The number of benzene rings is 2. The number of unbranched alkanes of at least 4 members (excludes halogenated alkanes) is 1. The number of carbonyl (C=O) groups excluding carboxylic acids is 2. The van der Waals surface area contributed by atoms with Crippen LogP contribution in [0.1, 0.15) is 43.4 Å². The van der Waals surface area contributed by atoms with Crippen LogP contribution in [0.25, 0.3) is 0 Å². The van der Waals surface area contributed by atoms with Crippen molar-refractivity contribution in [1.82, 2.24) is 10.2 Å². The van der Waals surface area contributed by atoms with E-state index < -0.39 is 10.8 Å². The molecule has 2 aromatic carbocycles. The van der Waals surface area contributed by atoms with Crippen molar-refractivity contribution in [2.24, 2.45) is 5.92 Å². The molecule has 0 saturated carbocycles. The van der Waals surface area contributed by atoms with Crippen LogP contribution in [0.3, 0.4) is 0 Å². The van der Waals surface area contributed by atoms with E-state index in [0.29, 0.717) is 23.6 Å². The number of hydrogen-bond acceptors (Lipinski definition) is 7. The minimum Gasteiger partial charge on any atom is -0.497 e. The highest BCUT2D eigenvalue weighted by molar-refractivity contribution is 5.90. The van der Waals surface area contributed by atoms with Crippen LogP contribution in [0.5, 0.6) is 17.2 Å². The van der Waals surface area contributed by atoms with Crippen LogP contribution in [0.15, 0.2) is 36.4 Å². The Kier molecular flexibility index (Phi) is 9.10. The zero-order chi connectivity index (χ0) is 26.2. The summed E-state index contributed by atoms with van der Waals surface area (Å²) in [5, 5.41) is 14.5. The fraction of sp³-hybridized carbons (Fsp3) is 0.462. The van der Waals surface area contributed by atoms with Gasteiger partial charge in [-0.1, -0.05) is 25.5 Å². The topological polar surface area (TPSA) is 120 Å². The van der Waals surface area contributed by atoms with Gasteiger partial charge in [0.2, 0.25) is 11.8 Å². The zero-order valence-corrected chi connectivity index (χ0v) is 21.1. The maximum atomic E-state index is 13.3. The summed E-state index contributed by atoms with van der Waals surface area (Å²) in [6, 6.07) is 9.89. The van der Waals surface area contributed by atoms with Crippen LogP contribution in [-0.4, -0.2) is 56.1 Å². The molecule has 2 atom stereocenters. The van der Waals surface area contributed by atoms with Gasteiger partial charge in [-0.3, -0.25) is 19.7 Å². The molecule has 1 aliphatic heterocycles. The Labute approximate surface area is 210 Å². The Hall–Kier alpha value is -3.82. The Bertz CT molecular complexity index is 1090. The van der Waals surface area contributed by atoms with E-state index in [4.69, 9.17) is 14.2 Å². The molecule has 0 bridgehead atoms. The Balaban J connectivity index is 1.77. The van der Waals surface area contributed by atoms with Gasteiger partial charge in [0.1, 0.15) is 5.75 Å². The fourth-order valence-corrected chi connectivity index (χ4v) is 4.56. The molecule has 1 fully saturated rings. The second-order valence-corrected chi connectivity index (χ2v) is 8.60. The first-order valence-electron chi connectivity index (χ1n) is 11.9. The number of hydrogen-bond donors (Lipinski definition) is 1. The molecule has 0 aliphatic carbocycles. The van der Waals surface area contributed by atoms with E-state index in [-0.39, 0.29) is 48.7 Å². The molecule has 2 amide bonds. The van der Waals surface area contributed by atoms with Crippen LogP contribution in [0.2, 0.25) is 0 Å². The molecule has 36 heavy (non-hydrogen) atoms. The molecule has 1 N–H and O–H groups in total. The van der Waals surface area contributed by atoms with Crippen LogP contribution in [0.4, 0.5) is 5.69 Å². The molecule has 0 radical (unpaired) electrons. The lowest BCUT2D eigenvalue weighted by molar-refractivity contribution is -0.385.